The fraction of sp³-hybridized carbons (Fsp3) is 0.745. The molecule has 0 radical (unpaired) electrons. The first-order chi connectivity index (χ1) is 28.6. The maximum atomic E-state index is 12.7. The van der Waals surface area contributed by atoms with Crippen LogP contribution in [0.5, 0.6) is 0 Å². The van der Waals surface area contributed by atoms with Gasteiger partial charge in [-0.2, -0.15) is 0 Å². The number of ether oxygens (including phenoxy) is 3. The van der Waals surface area contributed by atoms with E-state index in [1.165, 1.54) is 68.3 Å². The van der Waals surface area contributed by atoms with Crippen molar-refractivity contribution < 1.29 is 46.7 Å². The van der Waals surface area contributed by atoms with Gasteiger partial charge in [-0.05, 0) is 89.2 Å². The number of carbonyl (C=O) groups excluding carboxylic acids is 2. The average Bonchev–Trinajstić information content (AvgIpc) is 3.92. The van der Waals surface area contributed by atoms with Crippen LogP contribution in [-0.4, -0.2) is 61.5 Å². The van der Waals surface area contributed by atoms with Gasteiger partial charge in [-0.25, -0.2) is 4.57 Å². The lowest BCUT2D eigenvalue weighted by Gasteiger charge is -2.19. The molecule has 1 fully saturated rings. The number of rotatable bonds is 38. The zero-order valence-electron chi connectivity index (χ0n) is 37.1. The van der Waals surface area contributed by atoms with Crippen LogP contribution in [0.4, 0.5) is 0 Å². The van der Waals surface area contributed by atoms with Crippen LogP contribution in [0.15, 0.2) is 40.9 Å². The van der Waals surface area contributed by atoms with Crippen LogP contribution in [0.1, 0.15) is 178 Å². The summed E-state index contributed by atoms with van der Waals surface area (Å²) in [6, 6.07) is 0. The van der Waals surface area contributed by atoms with Crippen LogP contribution in [0.2, 0.25) is 0 Å². The summed E-state index contributed by atoms with van der Waals surface area (Å²) in [4.78, 5) is 35.0. The molecule has 1 aliphatic rings. The van der Waals surface area contributed by atoms with Crippen LogP contribution in [-0.2, 0) is 50.3 Å². The monoisotopic (exact) mass is 850 g/mol. The van der Waals surface area contributed by atoms with E-state index in [0.717, 1.165) is 82.8 Å². The second kappa shape index (κ2) is 33.1. The van der Waals surface area contributed by atoms with Gasteiger partial charge >= 0.3 is 19.8 Å². The number of nitrogens with two attached hydrogens (primary N) is 1. The number of carbonyl (C=O) groups is 2. The Labute approximate surface area is 356 Å². The quantitative estimate of drug-likeness (QED) is 0.0214. The SMILES string of the molecule is CCCCC/C=C\CC1OC1C/C=C\C/C=C\CCCC(=O)OC[C@H](COP(=O)(O)OCCN)OC(=O)CCCCCCCCCCc1oc(CCCCC)c(C)c1C. The molecule has 0 spiro atoms. The van der Waals surface area contributed by atoms with E-state index < -0.39 is 32.5 Å². The fourth-order valence-corrected chi connectivity index (χ4v) is 7.55. The molecule has 1 aliphatic heterocycles. The molecule has 0 amide bonds. The molecule has 0 saturated carbocycles. The van der Waals surface area contributed by atoms with E-state index in [0.29, 0.717) is 25.0 Å². The highest BCUT2D eigenvalue weighted by Crippen LogP contribution is 2.43. The standard InChI is InChI=1S/C47H80NO10P/c1-5-7-9-10-18-25-31-44-45(58-44)32-26-20-15-13-17-21-27-33-46(49)53-37-41(38-55-59(51,52)54-36-35-48)56-47(50)34-28-22-16-12-11-14-19-24-30-43-40(4)39(3)42(57-43)29-23-8-6-2/h13,17-18,20,25-26,41,44-45H,5-12,14-16,19,21-24,27-38,48H2,1-4H3,(H,51,52)/b17-13-,25-18-,26-20-/t41-,44?,45?/m1/s1. The third-order valence-electron chi connectivity index (χ3n) is 10.6. The van der Waals surface area contributed by atoms with Crippen LogP contribution < -0.4 is 5.73 Å². The van der Waals surface area contributed by atoms with Gasteiger partial charge in [-0.3, -0.25) is 18.6 Å². The summed E-state index contributed by atoms with van der Waals surface area (Å²) >= 11 is 0. The molecule has 2 rings (SSSR count). The van der Waals surface area contributed by atoms with Crippen molar-refractivity contribution in [3.63, 3.8) is 0 Å². The largest absolute Gasteiger partial charge is 0.472 e. The van der Waals surface area contributed by atoms with Crippen LogP contribution in [0.3, 0.4) is 0 Å². The summed E-state index contributed by atoms with van der Waals surface area (Å²) in [6.07, 6.45) is 36.0. The lowest BCUT2D eigenvalue weighted by molar-refractivity contribution is -0.161. The van der Waals surface area contributed by atoms with E-state index in [9.17, 15) is 19.0 Å². The first-order valence-electron chi connectivity index (χ1n) is 22.9. The molecule has 1 aromatic heterocycles. The summed E-state index contributed by atoms with van der Waals surface area (Å²) in [7, 11) is -4.41. The molecule has 1 saturated heterocycles. The fourth-order valence-electron chi connectivity index (χ4n) is 6.79. The summed E-state index contributed by atoms with van der Waals surface area (Å²) < 4.78 is 44.8. The molecule has 3 unspecified atom stereocenters. The predicted molar refractivity (Wildman–Crippen MR) is 236 cm³/mol. The minimum absolute atomic E-state index is 0.0366. The number of hydrogen-bond donors (Lipinski definition) is 2. The summed E-state index contributed by atoms with van der Waals surface area (Å²) in [5, 5.41) is 0. The number of epoxide rings is 1. The molecule has 11 nitrogen and oxygen atoms in total. The van der Waals surface area contributed by atoms with E-state index in [1.807, 2.05) is 6.08 Å². The van der Waals surface area contributed by atoms with Gasteiger partial charge in [-0.1, -0.05) is 115 Å². The van der Waals surface area contributed by atoms with E-state index >= 15 is 0 Å². The topological polar surface area (TPSA) is 160 Å². The van der Waals surface area contributed by atoms with Crippen molar-refractivity contribution in [3.05, 3.63) is 59.1 Å². The molecule has 3 N–H and O–H groups in total. The lowest BCUT2D eigenvalue weighted by Crippen LogP contribution is -2.29. The van der Waals surface area contributed by atoms with Gasteiger partial charge in [0.15, 0.2) is 6.10 Å². The second-order valence-corrected chi connectivity index (χ2v) is 17.3. The number of phosphoric acid groups is 1. The Kier molecular flexibility index (Phi) is 29.6. The number of phosphoric ester groups is 1. The maximum absolute atomic E-state index is 12.7. The molecule has 59 heavy (non-hydrogen) atoms. The molecular weight excluding hydrogens is 769 g/mol. The van der Waals surface area contributed by atoms with Crippen molar-refractivity contribution in [1.29, 1.82) is 0 Å². The second-order valence-electron chi connectivity index (χ2n) is 15.9. The van der Waals surface area contributed by atoms with Gasteiger partial charge in [0.05, 0.1) is 25.4 Å². The molecule has 1 aromatic rings. The Morgan fingerprint density at radius 1 is 0.695 bits per heavy atom. The van der Waals surface area contributed by atoms with Gasteiger partial charge in [0.1, 0.15) is 18.1 Å². The Morgan fingerprint density at radius 2 is 1.24 bits per heavy atom. The van der Waals surface area contributed by atoms with Crippen molar-refractivity contribution in [2.75, 3.05) is 26.4 Å². The van der Waals surface area contributed by atoms with Gasteiger partial charge in [0, 0.05) is 32.2 Å². The normalized spacial score (nSPS) is 17.0. The molecule has 0 bridgehead atoms. The molecule has 338 valence electrons. The molecular formula is C47H80NO10P. The van der Waals surface area contributed by atoms with Crippen molar-refractivity contribution in [2.24, 2.45) is 5.73 Å². The van der Waals surface area contributed by atoms with Gasteiger partial charge < -0.3 is 29.3 Å². The third kappa shape index (κ3) is 26.4. The van der Waals surface area contributed by atoms with Gasteiger partial charge in [0.2, 0.25) is 0 Å². The minimum Gasteiger partial charge on any atom is -0.466 e. The van der Waals surface area contributed by atoms with E-state index in [-0.39, 0.29) is 32.6 Å². The molecule has 4 atom stereocenters. The number of hydrogen-bond acceptors (Lipinski definition) is 10. The summed E-state index contributed by atoms with van der Waals surface area (Å²) in [6.45, 7) is 7.92. The number of esters is 2. The number of aryl methyl sites for hydroxylation is 2. The Hall–Kier alpha value is -2.53. The highest BCUT2D eigenvalue weighted by Gasteiger charge is 2.36. The highest BCUT2D eigenvalue weighted by atomic mass is 31.2. The maximum Gasteiger partial charge on any atom is 0.472 e. The molecule has 2 heterocycles. The predicted octanol–water partition coefficient (Wildman–Crippen LogP) is 11.6. The average molecular weight is 850 g/mol. The molecule has 12 heteroatoms. The van der Waals surface area contributed by atoms with E-state index in [1.54, 1.807) is 0 Å². The Balaban J connectivity index is 1.58. The summed E-state index contributed by atoms with van der Waals surface area (Å²) in [5.74, 6) is 1.40. The van der Waals surface area contributed by atoms with Crippen LogP contribution >= 0.6 is 7.82 Å². The Morgan fingerprint density at radius 3 is 1.90 bits per heavy atom. The molecule has 0 aliphatic carbocycles. The van der Waals surface area contributed by atoms with Crippen LogP contribution in [0, 0.1) is 13.8 Å². The lowest BCUT2D eigenvalue weighted by atomic mass is 10.0. The zero-order valence-corrected chi connectivity index (χ0v) is 38.0. The van der Waals surface area contributed by atoms with Crippen molar-refractivity contribution in [1.82, 2.24) is 0 Å². The van der Waals surface area contributed by atoms with Crippen molar-refractivity contribution >= 4 is 19.8 Å². The highest BCUT2D eigenvalue weighted by molar-refractivity contribution is 7.47. The first-order valence-corrected chi connectivity index (χ1v) is 24.4. The smallest absolute Gasteiger partial charge is 0.466 e. The Bertz CT molecular complexity index is 1400. The third-order valence-corrected chi connectivity index (χ3v) is 11.6. The van der Waals surface area contributed by atoms with E-state index in [4.69, 9.17) is 33.4 Å². The molecule has 0 aromatic carbocycles. The number of allylic oxidation sites excluding steroid dienone is 4. The zero-order chi connectivity index (χ0) is 43.0. The van der Waals surface area contributed by atoms with Gasteiger partial charge in [-0.15, -0.1) is 0 Å². The van der Waals surface area contributed by atoms with Crippen LogP contribution in [0.25, 0.3) is 0 Å². The summed E-state index contributed by atoms with van der Waals surface area (Å²) in [5.41, 5.74) is 8.00. The first kappa shape index (κ1) is 52.6. The van der Waals surface area contributed by atoms with Gasteiger partial charge in [0.25, 0.3) is 0 Å². The van der Waals surface area contributed by atoms with E-state index in [2.05, 4.69) is 58.1 Å². The van der Waals surface area contributed by atoms with Crippen molar-refractivity contribution in [3.8, 4) is 0 Å². The van der Waals surface area contributed by atoms with Crippen molar-refractivity contribution in [2.45, 2.75) is 200 Å². The number of furan rings is 1. The minimum atomic E-state index is -4.41. The number of unbranched alkanes of at least 4 members (excludes halogenated alkanes) is 13.